The van der Waals surface area contributed by atoms with Crippen LogP contribution in [-0.2, 0) is 6.42 Å². The van der Waals surface area contributed by atoms with E-state index in [4.69, 9.17) is 4.98 Å². The molecule has 0 radical (unpaired) electrons. The van der Waals surface area contributed by atoms with Gasteiger partial charge in [0.15, 0.2) is 0 Å². The number of pyridine rings is 1. The normalized spacial score (nSPS) is 11.5. The summed E-state index contributed by atoms with van der Waals surface area (Å²) >= 11 is 0. The van der Waals surface area contributed by atoms with Crippen LogP contribution >= 0.6 is 0 Å². The highest BCUT2D eigenvalue weighted by Gasteiger charge is 2.19. The summed E-state index contributed by atoms with van der Waals surface area (Å²) in [7, 11) is 0. The average Bonchev–Trinajstić information content (AvgIpc) is 3.16. The summed E-state index contributed by atoms with van der Waals surface area (Å²) in [5.74, 6) is 0. The maximum absolute atomic E-state index is 4.91. The first-order valence-corrected chi connectivity index (χ1v) is 16.8. The number of rotatable bonds is 5. The van der Waals surface area contributed by atoms with E-state index in [0.717, 1.165) is 28.8 Å². The zero-order chi connectivity index (χ0) is 32.0. The number of nitrogens with zero attached hydrogens (tertiary/aromatic N) is 1. The summed E-state index contributed by atoms with van der Waals surface area (Å²) in [4.78, 5) is 4.91. The zero-order valence-electron chi connectivity index (χ0n) is 26.8. The van der Waals surface area contributed by atoms with Gasteiger partial charge in [-0.25, -0.2) is 0 Å². The molecule has 0 amide bonds. The van der Waals surface area contributed by atoms with E-state index in [9.17, 15) is 0 Å². The van der Waals surface area contributed by atoms with Crippen LogP contribution in [0.4, 0.5) is 0 Å². The summed E-state index contributed by atoms with van der Waals surface area (Å²) in [6.07, 6.45) is 2.91. The molecule has 0 aliphatic rings. The van der Waals surface area contributed by atoms with Crippen LogP contribution in [0.1, 0.15) is 12.5 Å². The summed E-state index contributed by atoms with van der Waals surface area (Å²) < 4.78 is 0. The molecule has 9 aromatic rings. The molecule has 8 aromatic carbocycles. The lowest BCUT2D eigenvalue weighted by Crippen LogP contribution is -1.93. The summed E-state index contributed by atoms with van der Waals surface area (Å²) in [6, 6.07) is 59.7. The Morgan fingerprint density at radius 1 is 0.375 bits per heavy atom. The molecule has 0 bridgehead atoms. The van der Waals surface area contributed by atoms with E-state index in [2.05, 4.69) is 165 Å². The van der Waals surface area contributed by atoms with Crippen LogP contribution in [0.2, 0.25) is 0 Å². The minimum Gasteiger partial charge on any atom is -0.256 e. The lowest BCUT2D eigenvalue weighted by atomic mass is 9.84. The maximum Gasteiger partial charge on any atom is 0.0786 e. The first kappa shape index (κ1) is 28.2. The van der Waals surface area contributed by atoms with Gasteiger partial charge < -0.3 is 0 Å². The van der Waals surface area contributed by atoms with Crippen LogP contribution in [0.3, 0.4) is 0 Å². The molecule has 0 aliphatic carbocycles. The number of hydrogen-bond acceptors (Lipinski definition) is 1. The Balaban J connectivity index is 1.24. The van der Waals surface area contributed by atoms with Gasteiger partial charge in [-0.1, -0.05) is 165 Å². The van der Waals surface area contributed by atoms with E-state index in [1.54, 1.807) is 0 Å². The Kier molecular flexibility index (Phi) is 6.83. The largest absolute Gasteiger partial charge is 0.256 e. The fourth-order valence-electron chi connectivity index (χ4n) is 7.72. The zero-order valence-corrected chi connectivity index (χ0v) is 26.8. The van der Waals surface area contributed by atoms with Crippen molar-refractivity contribution in [2.45, 2.75) is 13.3 Å². The van der Waals surface area contributed by atoms with Crippen molar-refractivity contribution < 1.29 is 0 Å². The maximum atomic E-state index is 4.91. The Hall–Kier alpha value is -6.05. The van der Waals surface area contributed by atoms with E-state index in [1.165, 1.54) is 70.9 Å². The SMILES string of the molecule is CCc1ccc(-c2c3ccccc3c(-c3ccc(-c4cccnc4-c4cccc5ccccc45)cc3)c3ccccc23)c2ccccc12. The fraction of sp³-hybridized carbons (Fsp3) is 0.0426. The first-order chi connectivity index (χ1) is 23.8. The molecule has 226 valence electrons. The predicted molar refractivity (Wildman–Crippen MR) is 205 cm³/mol. The van der Waals surface area contributed by atoms with Crippen LogP contribution in [0, 0.1) is 0 Å². The number of hydrogen-bond donors (Lipinski definition) is 0. The van der Waals surface area contributed by atoms with Crippen molar-refractivity contribution >= 4 is 43.1 Å². The lowest BCUT2D eigenvalue weighted by Gasteiger charge is -2.19. The second kappa shape index (κ2) is 11.6. The summed E-state index contributed by atoms with van der Waals surface area (Å²) in [5, 5.41) is 10.2. The smallest absolute Gasteiger partial charge is 0.0786 e. The molecule has 1 aromatic heterocycles. The molecule has 48 heavy (non-hydrogen) atoms. The molecule has 0 saturated carbocycles. The number of benzene rings is 8. The molecule has 0 saturated heterocycles. The van der Waals surface area contributed by atoms with Crippen LogP contribution in [-0.4, -0.2) is 4.98 Å². The second-order valence-corrected chi connectivity index (χ2v) is 12.5. The van der Waals surface area contributed by atoms with E-state index < -0.39 is 0 Å². The third kappa shape index (κ3) is 4.51. The van der Waals surface area contributed by atoms with Crippen molar-refractivity contribution in [1.82, 2.24) is 4.98 Å². The minimum absolute atomic E-state index is 1.00. The molecular formula is C47H33N. The van der Waals surface area contributed by atoms with Crippen LogP contribution < -0.4 is 0 Å². The average molecular weight is 612 g/mol. The molecule has 0 N–H and O–H groups in total. The van der Waals surface area contributed by atoms with E-state index in [0.29, 0.717) is 0 Å². The molecule has 1 heteroatoms. The predicted octanol–water partition coefficient (Wildman–Crippen LogP) is 12.9. The van der Waals surface area contributed by atoms with Crippen molar-refractivity contribution in [3.63, 3.8) is 0 Å². The molecule has 0 fully saturated rings. The number of aromatic nitrogens is 1. The van der Waals surface area contributed by atoms with Crippen LogP contribution in [0.15, 0.2) is 170 Å². The Morgan fingerprint density at radius 2 is 0.917 bits per heavy atom. The molecule has 0 aliphatic heterocycles. The topological polar surface area (TPSA) is 12.9 Å². The van der Waals surface area contributed by atoms with Crippen molar-refractivity contribution in [3.05, 3.63) is 176 Å². The van der Waals surface area contributed by atoms with E-state index in [-0.39, 0.29) is 0 Å². The van der Waals surface area contributed by atoms with Crippen molar-refractivity contribution in [2.24, 2.45) is 0 Å². The van der Waals surface area contributed by atoms with E-state index >= 15 is 0 Å². The highest BCUT2D eigenvalue weighted by molar-refractivity contribution is 6.23. The van der Waals surface area contributed by atoms with Gasteiger partial charge in [-0.3, -0.25) is 4.98 Å². The van der Waals surface area contributed by atoms with Gasteiger partial charge in [0.25, 0.3) is 0 Å². The first-order valence-electron chi connectivity index (χ1n) is 16.8. The third-order valence-electron chi connectivity index (χ3n) is 9.93. The van der Waals surface area contributed by atoms with Gasteiger partial charge in [-0.2, -0.15) is 0 Å². The summed E-state index contributed by atoms with van der Waals surface area (Å²) in [6.45, 7) is 2.24. The monoisotopic (exact) mass is 611 g/mol. The third-order valence-corrected chi connectivity index (χ3v) is 9.93. The standard InChI is InChI=1S/C47H33N/c1-2-31-28-29-43(38-17-6-5-15-35(31)38)46-41-20-9-7-18-39(41)45(40-19-8-10-21-42(40)46)34-26-24-33(25-27-34)37-23-12-30-48-47(37)44-22-11-14-32-13-3-4-16-36(32)44/h3-30H,2H2,1H3. The molecule has 0 spiro atoms. The van der Waals surface area contributed by atoms with Crippen LogP contribution in [0.25, 0.3) is 87.7 Å². The second-order valence-electron chi connectivity index (χ2n) is 12.5. The number of fused-ring (bicyclic) bond motifs is 4. The van der Waals surface area contributed by atoms with Crippen molar-refractivity contribution in [2.75, 3.05) is 0 Å². The molecule has 0 atom stereocenters. The highest BCUT2D eigenvalue weighted by Crippen LogP contribution is 2.46. The molecule has 0 unspecified atom stereocenters. The van der Waals surface area contributed by atoms with Gasteiger partial charge in [0, 0.05) is 17.3 Å². The fourth-order valence-corrected chi connectivity index (χ4v) is 7.72. The van der Waals surface area contributed by atoms with Gasteiger partial charge in [0.05, 0.1) is 5.69 Å². The van der Waals surface area contributed by atoms with Gasteiger partial charge in [0.1, 0.15) is 0 Å². The highest BCUT2D eigenvalue weighted by atomic mass is 14.7. The Bertz CT molecular complexity index is 2580. The van der Waals surface area contributed by atoms with Crippen molar-refractivity contribution in [3.8, 4) is 44.6 Å². The summed E-state index contributed by atoms with van der Waals surface area (Å²) in [5.41, 5.74) is 10.9. The van der Waals surface area contributed by atoms with Gasteiger partial charge in [0.2, 0.25) is 0 Å². The van der Waals surface area contributed by atoms with Gasteiger partial charge >= 0.3 is 0 Å². The van der Waals surface area contributed by atoms with E-state index in [1.807, 2.05) is 12.3 Å². The molecule has 9 rings (SSSR count). The lowest BCUT2D eigenvalue weighted by molar-refractivity contribution is 1.16. The number of aryl methyl sites for hydroxylation is 1. The Morgan fingerprint density at radius 3 is 1.60 bits per heavy atom. The van der Waals surface area contributed by atoms with Gasteiger partial charge in [-0.05, 0) is 89.0 Å². The molecule has 1 heterocycles. The van der Waals surface area contributed by atoms with Crippen LogP contribution in [0.5, 0.6) is 0 Å². The molecular weight excluding hydrogens is 579 g/mol. The Labute approximate surface area is 280 Å². The van der Waals surface area contributed by atoms with Gasteiger partial charge in [-0.15, -0.1) is 0 Å². The molecule has 1 nitrogen and oxygen atoms in total. The van der Waals surface area contributed by atoms with Crippen molar-refractivity contribution in [1.29, 1.82) is 0 Å². The minimum atomic E-state index is 1.00. The quantitative estimate of drug-likeness (QED) is 0.176.